The van der Waals surface area contributed by atoms with Gasteiger partial charge in [0.25, 0.3) is 0 Å². The lowest BCUT2D eigenvalue weighted by Crippen LogP contribution is -2.19. The molecule has 0 saturated heterocycles. The molecule has 2 N–H and O–H groups in total. The van der Waals surface area contributed by atoms with Crippen LogP contribution >= 0.6 is 11.6 Å². The molecule has 0 fully saturated rings. The molecule has 0 atom stereocenters. The second-order valence-corrected chi connectivity index (χ2v) is 7.61. The maximum atomic E-state index is 13.0. The molecule has 2 aromatic carbocycles. The minimum atomic E-state index is -4.63. The van der Waals surface area contributed by atoms with E-state index in [0.29, 0.717) is 28.6 Å². The number of imidazole rings is 1. The van der Waals surface area contributed by atoms with Crippen LogP contribution in [0.2, 0.25) is 5.02 Å². The van der Waals surface area contributed by atoms with Crippen molar-refractivity contribution in [3.8, 4) is 22.9 Å². The summed E-state index contributed by atoms with van der Waals surface area (Å²) >= 11 is 5.59. The standard InChI is InChI=1S/C23H17ClF3N5O2/c1-32-12-21(29-13-32)20-11-17(8-9-28-20)34-16-5-2-14(3-6-16)30-22(33)31-15-4-7-19(24)18(10-15)23(25,26)27/h2-13H,1H3,(H2,30,31,33). The predicted octanol–water partition coefficient (Wildman–Crippen LogP) is 6.59. The number of aryl methyl sites for hydroxylation is 1. The number of carbonyl (C=O) groups is 1. The maximum Gasteiger partial charge on any atom is 0.417 e. The van der Waals surface area contributed by atoms with Crippen molar-refractivity contribution in [2.24, 2.45) is 7.05 Å². The molecular weight excluding hydrogens is 471 g/mol. The summed E-state index contributed by atoms with van der Waals surface area (Å²) in [6, 6.07) is 12.3. The van der Waals surface area contributed by atoms with Crippen LogP contribution in [-0.2, 0) is 13.2 Å². The first-order chi connectivity index (χ1) is 16.2. The molecule has 4 aromatic rings. The van der Waals surface area contributed by atoms with Crippen molar-refractivity contribution in [3.05, 3.63) is 83.9 Å². The van der Waals surface area contributed by atoms with Gasteiger partial charge in [-0.1, -0.05) is 11.6 Å². The Hall–Kier alpha value is -4.05. The highest BCUT2D eigenvalue weighted by Crippen LogP contribution is 2.36. The monoisotopic (exact) mass is 487 g/mol. The minimum absolute atomic E-state index is 0.0458. The number of aromatic nitrogens is 3. The number of hydrogen-bond donors (Lipinski definition) is 2. The molecule has 174 valence electrons. The Morgan fingerprint density at radius 2 is 1.65 bits per heavy atom. The van der Waals surface area contributed by atoms with E-state index in [0.717, 1.165) is 12.1 Å². The number of alkyl halides is 3. The molecule has 2 aromatic heterocycles. The number of carbonyl (C=O) groups excluding carboxylic acids is 1. The van der Waals surface area contributed by atoms with Gasteiger partial charge in [0, 0.05) is 36.9 Å². The van der Waals surface area contributed by atoms with E-state index in [4.69, 9.17) is 16.3 Å². The first-order valence-corrected chi connectivity index (χ1v) is 10.2. The Bertz CT molecular complexity index is 1320. The van der Waals surface area contributed by atoms with Crippen molar-refractivity contribution in [3.63, 3.8) is 0 Å². The number of urea groups is 1. The number of ether oxygens (including phenoxy) is 1. The molecule has 0 radical (unpaired) electrons. The second-order valence-electron chi connectivity index (χ2n) is 7.20. The number of hydrogen-bond acceptors (Lipinski definition) is 4. The van der Waals surface area contributed by atoms with Crippen molar-refractivity contribution in [2.45, 2.75) is 6.18 Å². The fourth-order valence-electron chi connectivity index (χ4n) is 3.02. The van der Waals surface area contributed by atoms with E-state index < -0.39 is 22.8 Å². The van der Waals surface area contributed by atoms with Crippen LogP contribution in [0.1, 0.15) is 5.56 Å². The van der Waals surface area contributed by atoms with Crippen molar-refractivity contribution in [1.82, 2.24) is 14.5 Å². The van der Waals surface area contributed by atoms with Crippen LogP contribution in [0.25, 0.3) is 11.4 Å². The molecule has 34 heavy (non-hydrogen) atoms. The lowest BCUT2D eigenvalue weighted by Gasteiger charge is -2.12. The fraction of sp³-hybridized carbons (Fsp3) is 0.0870. The summed E-state index contributed by atoms with van der Waals surface area (Å²) in [4.78, 5) is 20.7. The van der Waals surface area contributed by atoms with E-state index in [1.807, 2.05) is 17.8 Å². The van der Waals surface area contributed by atoms with Crippen molar-refractivity contribution < 1.29 is 22.7 Å². The van der Waals surface area contributed by atoms with Gasteiger partial charge in [-0.25, -0.2) is 9.78 Å². The van der Waals surface area contributed by atoms with Gasteiger partial charge in [-0.2, -0.15) is 13.2 Å². The van der Waals surface area contributed by atoms with Gasteiger partial charge in [0.2, 0.25) is 0 Å². The van der Waals surface area contributed by atoms with Crippen LogP contribution in [0.15, 0.2) is 73.3 Å². The highest BCUT2D eigenvalue weighted by molar-refractivity contribution is 6.31. The number of rotatable bonds is 5. The predicted molar refractivity (Wildman–Crippen MR) is 122 cm³/mol. The van der Waals surface area contributed by atoms with Crippen molar-refractivity contribution >= 4 is 29.0 Å². The molecule has 0 aliphatic rings. The normalized spacial score (nSPS) is 11.2. The van der Waals surface area contributed by atoms with Crippen molar-refractivity contribution in [2.75, 3.05) is 10.6 Å². The minimum Gasteiger partial charge on any atom is -0.457 e. The molecule has 11 heteroatoms. The summed E-state index contributed by atoms with van der Waals surface area (Å²) in [6.07, 6.45) is 0.495. The molecule has 0 saturated carbocycles. The summed E-state index contributed by atoms with van der Waals surface area (Å²) in [5.41, 5.74) is 0.704. The van der Waals surface area contributed by atoms with Crippen LogP contribution in [0.4, 0.5) is 29.3 Å². The summed E-state index contributed by atoms with van der Waals surface area (Å²) in [5, 5.41) is 4.45. The largest absolute Gasteiger partial charge is 0.457 e. The van der Waals surface area contributed by atoms with E-state index in [-0.39, 0.29) is 5.69 Å². The molecule has 0 unspecified atom stereocenters. The van der Waals surface area contributed by atoms with Crippen LogP contribution < -0.4 is 15.4 Å². The smallest absolute Gasteiger partial charge is 0.417 e. The average Bonchev–Trinajstić information content (AvgIpc) is 3.22. The van der Waals surface area contributed by atoms with E-state index in [9.17, 15) is 18.0 Å². The average molecular weight is 488 g/mol. The Kier molecular flexibility index (Phi) is 6.42. The Balaban J connectivity index is 1.38. The van der Waals surface area contributed by atoms with E-state index in [2.05, 4.69) is 20.6 Å². The lowest BCUT2D eigenvalue weighted by molar-refractivity contribution is -0.137. The molecule has 2 amide bonds. The number of nitrogens with zero attached hydrogens (tertiary/aromatic N) is 3. The number of anilines is 2. The maximum absolute atomic E-state index is 13.0. The summed E-state index contributed by atoms with van der Waals surface area (Å²) in [7, 11) is 1.86. The number of amides is 2. The van der Waals surface area contributed by atoms with Gasteiger partial charge in [0.1, 0.15) is 17.2 Å². The van der Waals surface area contributed by atoms with Gasteiger partial charge in [-0.15, -0.1) is 0 Å². The summed E-state index contributed by atoms with van der Waals surface area (Å²) in [6.45, 7) is 0. The Morgan fingerprint density at radius 3 is 2.32 bits per heavy atom. The zero-order chi connectivity index (χ0) is 24.3. The van der Waals surface area contributed by atoms with Crippen LogP contribution in [0.5, 0.6) is 11.5 Å². The first-order valence-electron chi connectivity index (χ1n) is 9.84. The molecule has 4 rings (SSSR count). The number of benzene rings is 2. The SMILES string of the molecule is Cn1cnc(-c2cc(Oc3ccc(NC(=O)Nc4ccc(Cl)c(C(F)(F)F)c4)cc3)ccn2)c1. The molecule has 2 heterocycles. The van der Waals surface area contributed by atoms with Crippen LogP contribution in [-0.4, -0.2) is 20.6 Å². The third-order valence-corrected chi connectivity index (χ3v) is 4.91. The van der Waals surface area contributed by atoms with Crippen LogP contribution in [0.3, 0.4) is 0 Å². The Labute approximate surface area is 197 Å². The van der Waals surface area contributed by atoms with Gasteiger partial charge in [-0.3, -0.25) is 4.98 Å². The lowest BCUT2D eigenvalue weighted by atomic mass is 10.2. The zero-order valence-electron chi connectivity index (χ0n) is 17.6. The topological polar surface area (TPSA) is 81.1 Å². The number of halogens is 4. The number of nitrogens with one attached hydrogen (secondary N) is 2. The summed E-state index contributed by atoms with van der Waals surface area (Å²) < 4.78 is 46.6. The number of pyridine rings is 1. The third-order valence-electron chi connectivity index (χ3n) is 4.58. The molecule has 0 aliphatic heterocycles. The van der Waals surface area contributed by atoms with Crippen molar-refractivity contribution in [1.29, 1.82) is 0 Å². The fourth-order valence-corrected chi connectivity index (χ4v) is 3.24. The zero-order valence-corrected chi connectivity index (χ0v) is 18.4. The van der Waals surface area contributed by atoms with Gasteiger partial charge in [0.15, 0.2) is 0 Å². The van der Waals surface area contributed by atoms with Crippen LogP contribution in [0, 0.1) is 0 Å². The second kappa shape index (κ2) is 9.44. The van der Waals surface area contributed by atoms with E-state index in [1.54, 1.807) is 48.9 Å². The molecule has 0 bridgehead atoms. The first kappa shape index (κ1) is 23.1. The quantitative estimate of drug-likeness (QED) is 0.333. The van der Waals surface area contributed by atoms with Gasteiger partial charge in [0.05, 0.1) is 22.6 Å². The molecule has 0 aliphatic carbocycles. The van der Waals surface area contributed by atoms with E-state index in [1.165, 1.54) is 6.07 Å². The van der Waals surface area contributed by atoms with Gasteiger partial charge < -0.3 is 19.9 Å². The molecule has 0 spiro atoms. The summed E-state index contributed by atoms with van der Waals surface area (Å²) in [5.74, 6) is 1.06. The van der Waals surface area contributed by atoms with E-state index >= 15 is 0 Å². The van der Waals surface area contributed by atoms with Gasteiger partial charge >= 0.3 is 12.2 Å². The highest BCUT2D eigenvalue weighted by Gasteiger charge is 2.33. The third kappa shape index (κ3) is 5.65. The molecule has 7 nitrogen and oxygen atoms in total. The van der Waals surface area contributed by atoms with Gasteiger partial charge in [-0.05, 0) is 48.5 Å². The highest BCUT2D eigenvalue weighted by atomic mass is 35.5. The Morgan fingerprint density at radius 1 is 0.941 bits per heavy atom. The molecular formula is C23H17ClF3N5O2.